The molecule has 1 saturated heterocycles. The molecule has 0 aromatic carbocycles. The van der Waals surface area contributed by atoms with Crippen LogP contribution < -0.4 is 10.6 Å². The first-order valence-corrected chi connectivity index (χ1v) is 6.01. The number of carbonyl (C=O) groups is 2. The minimum atomic E-state index is -0.351. The van der Waals surface area contributed by atoms with E-state index in [0.29, 0.717) is 24.7 Å². The van der Waals surface area contributed by atoms with Crippen molar-refractivity contribution in [3.63, 3.8) is 0 Å². The third kappa shape index (κ3) is 4.75. The topological polar surface area (TPSA) is 58.2 Å². The molecule has 0 radical (unpaired) electrons. The SMILES string of the molecule is C.CC(C)CC1NC(=O)C(CC(C)C)NC1=O. The van der Waals surface area contributed by atoms with Gasteiger partial charge in [-0.05, 0) is 24.7 Å². The van der Waals surface area contributed by atoms with Crippen LogP contribution in [-0.2, 0) is 9.59 Å². The van der Waals surface area contributed by atoms with Gasteiger partial charge in [0.25, 0.3) is 0 Å². The number of hydrogen-bond donors (Lipinski definition) is 2. The van der Waals surface area contributed by atoms with E-state index in [2.05, 4.69) is 10.6 Å². The molecule has 0 saturated carbocycles. The molecular formula is C13H26N2O2. The fourth-order valence-corrected chi connectivity index (χ4v) is 1.95. The zero-order valence-corrected chi connectivity index (χ0v) is 10.5. The van der Waals surface area contributed by atoms with Gasteiger partial charge in [-0.1, -0.05) is 35.1 Å². The second-order valence-electron chi connectivity index (χ2n) is 5.38. The number of rotatable bonds is 4. The molecule has 1 aliphatic rings. The van der Waals surface area contributed by atoms with Gasteiger partial charge in [0, 0.05) is 0 Å². The van der Waals surface area contributed by atoms with Gasteiger partial charge in [0.2, 0.25) is 11.8 Å². The van der Waals surface area contributed by atoms with Crippen molar-refractivity contribution in [2.45, 2.75) is 60.0 Å². The van der Waals surface area contributed by atoms with Crippen LogP contribution in [0.2, 0.25) is 0 Å². The minimum absolute atomic E-state index is 0. The van der Waals surface area contributed by atoms with Gasteiger partial charge in [0.15, 0.2) is 0 Å². The highest BCUT2D eigenvalue weighted by Crippen LogP contribution is 2.12. The van der Waals surface area contributed by atoms with E-state index in [1.165, 1.54) is 0 Å². The van der Waals surface area contributed by atoms with E-state index >= 15 is 0 Å². The van der Waals surface area contributed by atoms with Crippen molar-refractivity contribution in [2.24, 2.45) is 11.8 Å². The van der Waals surface area contributed by atoms with Crippen molar-refractivity contribution in [3.05, 3.63) is 0 Å². The Kier molecular flexibility index (Phi) is 6.21. The quantitative estimate of drug-likeness (QED) is 0.788. The Labute approximate surface area is 105 Å². The predicted octanol–water partition coefficient (Wildman–Crippen LogP) is 1.70. The van der Waals surface area contributed by atoms with E-state index in [1.807, 2.05) is 27.7 Å². The summed E-state index contributed by atoms with van der Waals surface area (Å²) in [6.45, 7) is 8.17. The van der Waals surface area contributed by atoms with Crippen LogP contribution in [-0.4, -0.2) is 23.9 Å². The van der Waals surface area contributed by atoms with Crippen molar-refractivity contribution < 1.29 is 9.59 Å². The van der Waals surface area contributed by atoms with Gasteiger partial charge in [-0.2, -0.15) is 0 Å². The van der Waals surface area contributed by atoms with Gasteiger partial charge in [-0.15, -0.1) is 0 Å². The first-order valence-electron chi connectivity index (χ1n) is 6.01. The summed E-state index contributed by atoms with van der Waals surface area (Å²) in [5.41, 5.74) is 0. The van der Waals surface area contributed by atoms with Crippen LogP contribution in [0.15, 0.2) is 0 Å². The van der Waals surface area contributed by atoms with Gasteiger partial charge in [0.1, 0.15) is 12.1 Å². The van der Waals surface area contributed by atoms with Crippen molar-refractivity contribution in [3.8, 4) is 0 Å². The van der Waals surface area contributed by atoms with E-state index in [-0.39, 0.29) is 31.3 Å². The molecule has 0 aromatic heterocycles. The van der Waals surface area contributed by atoms with E-state index in [9.17, 15) is 9.59 Å². The maximum atomic E-state index is 11.7. The van der Waals surface area contributed by atoms with Crippen molar-refractivity contribution >= 4 is 11.8 Å². The van der Waals surface area contributed by atoms with E-state index in [0.717, 1.165) is 0 Å². The average Bonchev–Trinajstić information content (AvgIpc) is 2.11. The second-order valence-corrected chi connectivity index (χ2v) is 5.38. The zero-order valence-electron chi connectivity index (χ0n) is 10.5. The number of hydrogen-bond acceptors (Lipinski definition) is 2. The Morgan fingerprint density at radius 2 is 1.18 bits per heavy atom. The molecule has 2 N–H and O–H groups in total. The summed E-state index contributed by atoms with van der Waals surface area (Å²) in [5.74, 6) is 0.716. The molecule has 1 fully saturated rings. The lowest BCUT2D eigenvalue weighted by atomic mass is 9.96. The smallest absolute Gasteiger partial charge is 0.243 e. The Hall–Kier alpha value is -1.06. The zero-order chi connectivity index (χ0) is 12.3. The summed E-state index contributed by atoms with van der Waals surface area (Å²) in [4.78, 5) is 23.5. The van der Waals surface area contributed by atoms with E-state index in [4.69, 9.17) is 0 Å². The lowest BCUT2D eigenvalue weighted by Crippen LogP contribution is -2.62. The minimum Gasteiger partial charge on any atom is -0.343 e. The Morgan fingerprint density at radius 1 is 0.882 bits per heavy atom. The fraction of sp³-hybridized carbons (Fsp3) is 0.846. The van der Waals surface area contributed by atoms with Crippen LogP contribution in [0, 0.1) is 11.8 Å². The molecule has 2 atom stereocenters. The molecule has 4 nitrogen and oxygen atoms in total. The summed E-state index contributed by atoms with van der Waals surface area (Å²) in [7, 11) is 0. The number of carbonyl (C=O) groups excluding carboxylic acids is 2. The first-order chi connectivity index (χ1) is 7.40. The fourth-order valence-electron chi connectivity index (χ4n) is 1.95. The first kappa shape index (κ1) is 15.9. The molecule has 0 aromatic rings. The standard InChI is InChI=1S/C12H22N2O2.CH4/c1-7(2)5-9-11(15)14-10(6-8(3)4)12(16)13-9;/h7-10H,5-6H2,1-4H3,(H,13,16)(H,14,15);1H4. The molecule has 2 amide bonds. The summed E-state index contributed by atoms with van der Waals surface area (Å²) in [6, 6.07) is -0.702. The summed E-state index contributed by atoms with van der Waals surface area (Å²) < 4.78 is 0. The van der Waals surface area contributed by atoms with Gasteiger partial charge in [0.05, 0.1) is 0 Å². The van der Waals surface area contributed by atoms with Crippen LogP contribution >= 0.6 is 0 Å². The van der Waals surface area contributed by atoms with Crippen LogP contribution in [0.3, 0.4) is 0 Å². The van der Waals surface area contributed by atoms with Gasteiger partial charge < -0.3 is 10.6 Å². The van der Waals surface area contributed by atoms with Gasteiger partial charge in [-0.25, -0.2) is 0 Å². The molecule has 1 heterocycles. The molecule has 1 rings (SSSR count). The molecule has 4 heteroatoms. The van der Waals surface area contributed by atoms with Crippen LogP contribution in [0.25, 0.3) is 0 Å². The van der Waals surface area contributed by atoms with E-state index < -0.39 is 0 Å². The van der Waals surface area contributed by atoms with Crippen LogP contribution in [0.5, 0.6) is 0 Å². The molecule has 17 heavy (non-hydrogen) atoms. The van der Waals surface area contributed by atoms with E-state index in [1.54, 1.807) is 0 Å². The number of piperazine rings is 1. The summed E-state index contributed by atoms with van der Waals surface area (Å²) >= 11 is 0. The average molecular weight is 242 g/mol. The largest absolute Gasteiger partial charge is 0.343 e. The Balaban J connectivity index is 0.00000256. The molecule has 1 aliphatic heterocycles. The summed E-state index contributed by atoms with van der Waals surface area (Å²) in [5, 5.41) is 5.60. The molecule has 2 unspecified atom stereocenters. The van der Waals surface area contributed by atoms with Crippen LogP contribution in [0.4, 0.5) is 0 Å². The van der Waals surface area contributed by atoms with Crippen LogP contribution in [0.1, 0.15) is 48.0 Å². The van der Waals surface area contributed by atoms with Crippen molar-refractivity contribution in [2.75, 3.05) is 0 Å². The molecule has 0 aliphatic carbocycles. The molecule has 100 valence electrons. The predicted molar refractivity (Wildman–Crippen MR) is 69.5 cm³/mol. The van der Waals surface area contributed by atoms with Gasteiger partial charge >= 0.3 is 0 Å². The normalized spacial score (nSPS) is 24.4. The highest BCUT2D eigenvalue weighted by molar-refractivity contribution is 5.96. The second kappa shape index (κ2) is 6.62. The third-order valence-electron chi connectivity index (χ3n) is 2.68. The molecule has 0 bridgehead atoms. The Bertz CT molecular complexity index is 247. The Morgan fingerprint density at radius 3 is 1.41 bits per heavy atom. The molecule has 0 spiro atoms. The molecular weight excluding hydrogens is 216 g/mol. The number of nitrogens with one attached hydrogen (secondary N) is 2. The maximum absolute atomic E-state index is 11.7. The summed E-state index contributed by atoms with van der Waals surface area (Å²) in [6.07, 6.45) is 1.40. The highest BCUT2D eigenvalue weighted by Gasteiger charge is 2.33. The lowest BCUT2D eigenvalue weighted by Gasteiger charge is -2.31. The maximum Gasteiger partial charge on any atom is 0.243 e. The van der Waals surface area contributed by atoms with Gasteiger partial charge in [-0.3, -0.25) is 9.59 Å². The van der Waals surface area contributed by atoms with Crippen molar-refractivity contribution in [1.29, 1.82) is 0 Å². The number of amides is 2. The highest BCUT2D eigenvalue weighted by atomic mass is 16.2. The monoisotopic (exact) mass is 242 g/mol. The third-order valence-corrected chi connectivity index (χ3v) is 2.68. The lowest BCUT2D eigenvalue weighted by molar-refractivity contribution is -0.137. The van der Waals surface area contributed by atoms with Crippen molar-refractivity contribution in [1.82, 2.24) is 10.6 Å².